The monoisotopic (exact) mass is 386 g/mol. The van der Waals surface area contributed by atoms with Crippen molar-refractivity contribution in [2.24, 2.45) is 0 Å². The van der Waals surface area contributed by atoms with E-state index >= 15 is 0 Å². The number of nitrogens with one attached hydrogen (secondary N) is 1. The van der Waals surface area contributed by atoms with Crippen LogP contribution in [-0.4, -0.2) is 29.8 Å². The van der Waals surface area contributed by atoms with Crippen LogP contribution in [0.2, 0.25) is 5.02 Å². The quantitative estimate of drug-likeness (QED) is 0.798. The second kappa shape index (κ2) is 8.82. The summed E-state index contributed by atoms with van der Waals surface area (Å²) in [7, 11) is 0. The zero-order valence-corrected chi connectivity index (χ0v) is 15.5. The molecule has 1 saturated heterocycles. The minimum absolute atomic E-state index is 0.152. The van der Waals surface area contributed by atoms with E-state index in [4.69, 9.17) is 11.6 Å². The largest absolute Gasteiger partial charge is 0.337 e. The number of carbonyl (C=O) groups excluding carboxylic acids is 2. The fraction of sp³-hybridized carbons (Fsp3) is 0.238. The molecule has 2 aromatic rings. The number of rotatable bonds is 4. The van der Waals surface area contributed by atoms with E-state index in [0.717, 1.165) is 19.3 Å². The Kier molecular flexibility index (Phi) is 6.24. The molecular weight excluding hydrogens is 367 g/mol. The Balaban J connectivity index is 1.89. The average Bonchev–Trinajstić information content (AvgIpc) is 2.69. The molecule has 2 amide bonds. The highest BCUT2D eigenvalue weighted by molar-refractivity contribution is 6.32. The van der Waals surface area contributed by atoms with Crippen molar-refractivity contribution in [1.82, 2.24) is 10.2 Å². The summed E-state index contributed by atoms with van der Waals surface area (Å²) >= 11 is 6.21. The highest BCUT2D eigenvalue weighted by Gasteiger charge is 2.22. The van der Waals surface area contributed by atoms with Crippen LogP contribution in [0.5, 0.6) is 0 Å². The van der Waals surface area contributed by atoms with Gasteiger partial charge in [0.05, 0.1) is 0 Å². The first kappa shape index (κ1) is 19.1. The molecule has 1 N–H and O–H groups in total. The Hall–Kier alpha value is -2.66. The Morgan fingerprint density at radius 1 is 1.00 bits per heavy atom. The Bertz CT molecular complexity index is 859. The van der Waals surface area contributed by atoms with E-state index in [1.165, 1.54) is 24.3 Å². The predicted octanol–water partition coefficient (Wildman–Crippen LogP) is 4.26. The van der Waals surface area contributed by atoms with E-state index in [1.54, 1.807) is 29.2 Å². The van der Waals surface area contributed by atoms with Crippen LogP contribution in [0, 0.1) is 5.82 Å². The standard InChI is InChI=1S/C21H20ClFN2O2/c22-18-7-3-2-6-16(18)14-19(21(27)25-12-4-1-5-13-25)24-20(26)15-8-10-17(23)11-9-15/h2-3,6-11,14H,1,4-5,12-13H2,(H,24,26). The minimum atomic E-state index is -0.473. The molecular formula is C21H20ClFN2O2. The third-order valence-corrected chi connectivity index (χ3v) is 4.78. The topological polar surface area (TPSA) is 49.4 Å². The first-order valence-corrected chi connectivity index (χ1v) is 9.25. The van der Waals surface area contributed by atoms with Gasteiger partial charge in [-0.15, -0.1) is 0 Å². The van der Waals surface area contributed by atoms with E-state index in [2.05, 4.69) is 5.32 Å². The van der Waals surface area contributed by atoms with Crippen LogP contribution in [-0.2, 0) is 4.79 Å². The van der Waals surface area contributed by atoms with Crippen LogP contribution >= 0.6 is 11.6 Å². The third kappa shape index (κ3) is 4.95. The smallest absolute Gasteiger partial charge is 0.270 e. The van der Waals surface area contributed by atoms with E-state index in [0.29, 0.717) is 23.7 Å². The molecule has 4 nitrogen and oxygen atoms in total. The zero-order valence-electron chi connectivity index (χ0n) is 14.8. The second-order valence-electron chi connectivity index (χ2n) is 6.39. The van der Waals surface area contributed by atoms with E-state index in [9.17, 15) is 14.0 Å². The van der Waals surface area contributed by atoms with Crippen LogP contribution in [0.15, 0.2) is 54.2 Å². The summed E-state index contributed by atoms with van der Waals surface area (Å²) in [5, 5.41) is 3.16. The van der Waals surface area contributed by atoms with Crippen LogP contribution in [0.25, 0.3) is 6.08 Å². The fourth-order valence-corrected chi connectivity index (χ4v) is 3.15. The third-order valence-electron chi connectivity index (χ3n) is 4.43. The second-order valence-corrected chi connectivity index (χ2v) is 6.80. The molecule has 0 radical (unpaired) electrons. The maximum absolute atomic E-state index is 13.1. The maximum Gasteiger partial charge on any atom is 0.270 e. The molecule has 0 unspecified atom stereocenters. The molecule has 0 aliphatic carbocycles. The van der Waals surface area contributed by atoms with E-state index in [1.807, 2.05) is 6.07 Å². The Labute approximate surface area is 162 Å². The SMILES string of the molecule is O=C(NC(=Cc1ccccc1Cl)C(=O)N1CCCCC1)c1ccc(F)cc1. The highest BCUT2D eigenvalue weighted by atomic mass is 35.5. The van der Waals surface area contributed by atoms with Crippen LogP contribution < -0.4 is 5.32 Å². The maximum atomic E-state index is 13.1. The first-order chi connectivity index (χ1) is 13.0. The first-order valence-electron chi connectivity index (χ1n) is 8.87. The van der Waals surface area contributed by atoms with Gasteiger partial charge < -0.3 is 10.2 Å². The molecule has 27 heavy (non-hydrogen) atoms. The van der Waals surface area contributed by atoms with Crippen molar-refractivity contribution >= 4 is 29.5 Å². The lowest BCUT2D eigenvalue weighted by atomic mass is 10.1. The van der Waals surface area contributed by atoms with Crippen LogP contribution in [0.4, 0.5) is 4.39 Å². The molecule has 3 rings (SSSR count). The molecule has 2 aromatic carbocycles. The number of benzene rings is 2. The van der Waals surface area contributed by atoms with Gasteiger partial charge in [-0.05, 0) is 61.2 Å². The Morgan fingerprint density at radius 3 is 2.33 bits per heavy atom. The van der Waals surface area contributed by atoms with Gasteiger partial charge in [-0.25, -0.2) is 4.39 Å². The van der Waals surface area contributed by atoms with Crippen molar-refractivity contribution in [2.45, 2.75) is 19.3 Å². The van der Waals surface area contributed by atoms with Crippen molar-refractivity contribution in [3.63, 3.8) is 0 Å². The molecule has 1 fully saturated rings. The molecule has 0 aromatic heterocycles. The van der Waals surface area contributed by atoms with E-state index < -0.39 is 11.7 Å². The number of halogens is 2. The summed E-state index contributed by atoms with van der Waals surface area (Å²) in [5.41, 5.74) is 1.06. The molecule has 140 valence electrons. The minimum Gasteiger partial charge on any atom is -0.337 e. The zero-order chi connectivity index (χ0) is 19.2. The lowest BCUT2D eigenvalue weighted by Crippen LogP contribution is -2.41. The summed E-state index contributed by atoms with van der Waals surface area (Å²) in [6.45, 7) is 1.32. The highest BCUT2D eigenvalue weighted by Crippen LogP contribution is 2.20. The number of piperidine rings is 1. The molecule has 1 aliphatic rings. The lowest BCUT2D eigenvalue weighted by molar-refractivity contribution is -0.128. The van der Waals surface area contributed by atoms with Gasteiger partial charge in [-0.2, -0.15) is 0 Å². The van der Waals surface area contributed by atoms with Crippen molar-refractivity contribution in [3.8, 4) is 0 Å². The summed E-state index contributed by atoms with van der Waals surface area (Å²) in [6.07, 6.45) is 4.56. The molecule has 0 atom stereocenters. The van der Waals surface area contributed by atoms with E-state index in [-0.39, 0.29) is 17.2 Å². The number of nitrogens with zero attached hydrogens (tertiary/aromatic N) is 1. The fourth-order valence-electron chi connectivity index (χ4n) is 2.96. The van der Waals surface area contributed by atoms with Gasteiger partial charge in [0, 0.05) is 23.7 Å². The molecule has 0 bridgehead atoms. The summed E-state index contributed by atoms with van der Waals surface area (Å²) in [4.78, 5) is 27.3. The molecule has 0 saturated carbocycles. The van der Waals surface area contributed by atoms with Crippen molar-refractivity contribution < 1.29 is 14.0 Å². The summed E-state index contributed by atoms with van der Waals surface area (Å²) in [6, 6.07) is 12.3. The predicted molar refractivity (Wildman–Crippen MR) is 104 cm³/mol. The van der Waals surface area contributed by atoms with Gasteiger partial charge >= 0.3 is 0 Å². The number of amides is 2. The Morgan fingerprint density at radius 2 is 1.67 bits per heavy atom. The van der Waals surface area contributed by atoms with Gasteiger partial charge in [0.1, 0.15) is 11.5 Å². The van der Waals surface area contributed by atoms with Gasteiger partial charge in [0.15, 0.2) is 0 Å². The van der Waals surface area contributed by atoms with Gasteiger partial charge in [0.2, 0.25) is 0 Å². The van der Waals surface area contributed by atoms with Crippen molar-refractivity contribution in [1.29, 1.82) is 0 Å². The summed E-state index contributed by atoms with van der Waals surface area (Å²) in [5.74, 6) is -1.15. The van der Waals surface area contributed by atoms with Crippen molar-refractivity contribution in [2.75, 3.05) is 13.1 Å². The number of hydrogen-bond donors (Lipinski definition) is 1. The van der Waals surface area contributed by atoms with Crippen molar-refractivity contribution in [3.05, 3.63) is 76.2 Å². The van der Waals surface area contributed by atoms with Crippen LogP contribution in [0.1, 0.15) is 35.2 Å². The average molecular weight is 387 g/mol. The molecule has 6 heteroatoms. The molecule has 1 heterocycles. The summed E-state index contributed by atoms with van der Waals surface area (Å²) < 4.78 is 13.1. The molecule has 1 aliphatic heterocycles. The van der Waals surface area contributed by atoms with Gasteiger partial charge in [-0.3, -0.25) is 9.59 Å². The number of hydrogen-bond acceptors (Lipinski definition) is 2. The van der Waals surface area contributed by atoms with Gasteiger partial charge in [-0.1, -0.05) is 29.8 Å². The van der Waals surface area contributed by atoms with Crippen LogP contribution in [0.3, 0.4) is 0 Å². The molecule has 0 spiro atoms. The lowest BCUT2D eigenvalue weighted by Gasteiger charge is -2.27. The number of likely N-dealkylation sites (tertiary alicyclic amines) is 1. The number of carbonyl (C=O) groups is 2. The normalized spacial score (nSPS) is 14.7. The van der Waals surface area contributed by atoms with Gasteiger partial charge in [0.25, 0.3) is 11.8 Å².